The highest BCUT2D eigenvalue weighted by molar-refractivity contribution is 6.22. The molecule has 25 heavy (non-hydrogen) atoms. The number of benzene rings is 2. The van der Waals surface area contributed by atoms with Gasteiger partial charge in [0.1, 0.15) is 5.75 Å². The van der Waals surface area contributed by atoms with Gasteiger partial charge in [-0.1, -0.05) is 12.1 Å². The molecule has 1 N–H and O–H groups in total. The minimum Gasteiger partial charge on any atom is -0.494 e. The van der Waals surface area contributed by atoms with Crippen LogP contribution in [0.5, 0.6) is 5.75 Å². The zero-order valence-corrected chi connectivity index (χ0v) is 13.4. The van der Waals surface area contributed by atoms with E-state index < -0.39 is 4.92 Å². The van der Waals surface area contributed by atoms with Crippen LogP contribution < -0.4 is 10.1 Å². The predicted octanol–water partition coefficient (Wildman–Crippen LogP) is 2.88. The van der Waals surface area contributed by atoms with Gasteiger partial charge < -0.3 is 4.74 Å². The summed E-state index contributed by atoms with van der Waals surface area (Å²) < 4.78 is 5.55. The Balaban J connectivity index is 1.49. The number of nitro groups is 1. The molecule has 0 aromatic heterocycles. The van der Waals surface area contributed by atoms with E-state index in [0.29, 0.717) is 29.9 Å². The van der Waals surface area contributed by atoms with Crippen molar-refractivity contribution in [1.29, 1.82) is 0 Å². The molecule has 0 aliphatic carbocycles. The average Bonchev–Trinajstić information content (AvgIpc) is 2.90. The number of rotatable bonds is 7. The van der Waals surface area contributed by atoms with E-state index in [9.17, 15) is 19.7 Å². The highest BCUT2D eigenvalue weighted by Gasteiger charge is 2.28. The van der Waals surface area contributed by atoms with Crippen molar-refractivity contribution in [2.24, 2.45) is 0 Å². The zero-order chi connectivity index (χ0) is 17.8. The van der Waals surface area contributed by atoms with Crippen LogP contribution in [0.15, 0.2) is 42.5 Å². The van der Waals surface area contributed by atoms with E-state index in [4.69, 9.17) is 4.74 Å². The molecule has 0 fully saturated rings. The van der Waals surface area contributed by atoms with Crippen LogP contribution in [0.25, 0.3) is 0 Å². The van der Waals surface area contributed by atoms with Crippen molar-refractivity contribution in [2.45, 2.75) is 19.3 Å². The van der Waals surface area contributed by atoms with Crippen molar-refractivity contribution >= 4 is 17.5 Å². The molecule has 0 radical (unpaired) electrons. The molecule has 1 aliphatic heterocycles. The summed E-state index contributed by atoms with van der Waals surface area (Å²) in [5.41, 5.74) is 1.79. The third kappa shape index (κ3) is 3.65. The summed E-state index contributed by atoms with van der Waals surface area (Å²) in [6.45, 7) is 0.470. The summed E-state index contributed by atoms with van der Waals surface area (Å²) in [6.07, 6.45) is 2.23. The lowest BCUT2D eigenvalue weighted by molar-refractivity contribution is -0.384. The second-order valence-corrected chi connectivity index (χ2v) is 5.68. The molecule has 3 rings (SSSR count). The number of nitrogens with one attached hydrogen (secondary N) is 1. The molecule has 1 heterocycles. The van der Waals surface area contributed by atoms with Gasteiger partial charge in [0.05, 0.1) is 22.7 Å². The lowest BCUT2D eigenvalue weighted by Crippen LogP contribution is -2.20. The number of nitro benzene ring substituents is 1. The van der Waals surface area contributed by atoms with Crippen LogP contribution in [0.1, 0.15) is 39.1 Å². The second-order valence-electron chi connectivity index (χ2n) is 5.68. The maximum absolute atomic E-state index is 11.8. The standard InChI is InChI=1S/C18H16N2O5/c21-17-15-6-3-5-12(16(15)18(22)19-17)4-1-2-11-25-14-9-7-13(8-10-14)20(23)24/h3,5-10H,1-2,4,11H2,(H,19,21,22). The molecule has 0 saturated carbocycles. The second kappa shape index (κ2) is 7.12. The molecular formula is C18H16N2O5. The molecule has 7 heteroatoms. The number of nitrogens with zero attached hydrogens (tertiary/aromatic N) is 1. The van der Waals surface area contributed by atoms with Gasteiger partial charge in [-0.3, -0.25) is 25.0 Å². The summed E-state index contributed by atoms with van der Waals surface area (Å²) in [6, 6.07) is 11.2. The van der Waals surface area contributed by atoms with Crippen molar-refractivity contribution in [3.05, 3.63) is 69.3 Å². The zero-order valence-electron chi connectivity index (χ0n) is 13.4. The molecule has 2 amide bonds. The van der Waals surface area contributed by atoms with E-state index in [1.165, 1.54) is 12.1 Å². The summed E-state index contributed by atoms with van der Waals surface area (Å²) in [4.78, 5) is 33.6. The third-order valence-corrected chi connectivity index (χ3v) is 4.01. The Bertz CT molecular complexity index is 830. The Morgan fingerprint density at radius 2 is 1.76 bits per heavy atom. The lowest BCUT2D eigenvalue weighted by atomic mass is 9.98. The number of aryl methyl sites for hydroxylation is 1. The van der Waals surface area contributed by atoms with Crippen LogP contribution in [0.2, 0.25) is 0 Å². The maximum Gasteiger partial charge on any atom is 0.269 e. The number of imide groups is 1. The largest absolute Gasteiger partial charge is 0.494 e. The van der Waals surface area contributed by atoms with Crippen molar-refractivity contribution in [2.75, 3.05) is 6.61 Å². The average molecular weight is 340 g/mol. The molecule has 2 aromatic carbocycles. The number of carbonyl (C=O) groups excluding carboxylic acids is 2. The summed E-state index contributed by atoms with van der Waals surface area (Å²) >= 11 is 0. The van der Waals surface area contributed by atoms with E-state index in [1.54, 1.807) is 24.3 Å². The van der Waals surface area contributed by atoms with Crippen LogP contribution in [0.3, 0.4) is 0 Å². The fourth-order valence-corrected chi connectivity index (χ4v) is 2.77. The van der Waals surface area contributed by atoms with E-state index >= 15 is 0 Å². The fourth-order valence-electron chi connectivity index (χ4n) is 2.77. The molecule has 2 aromatic rings. The van der Waals surface area contributed by atoms with Gasteiger partial charge in [-0.25, -0.2) is 0 Å². The van der Waals surface area contributed by atoms with Crippen molar-refractivity contribution in [1.82, 2.24) is 5.32 Å². The van der Waals surface area contributed by atoms with Crippen molar-refractivity contribution in [3.8, 4) is 5.75 Å². The molecule has 0 unspecified atom stereocenters. The van der Waals surface area contributed by atoms with E-state index in [-0.39, 0.29) is 17.5 Å². The van der Waals surface area contributed by atoms with Gasteiger partial charge >= 0.3 is 0 Å². The number of fused-ring (bicyclic) bond motifs is 1. The topological polar surface area (TPSA) is 98.5 Å². The molecule has 7 nitrogen and oxygen atoms in total. The van der Waals surface area contributed by atoms with Crippen molar-refractivity contribution in [3.63, 3.8) is 0 Å². The first kappa shape index (κ1) is 16.6. The quantitative estimate of drug-likeness (QED) is 0.362. The molecule has 0 spiro atoms. The van der Waals surface area contributed by atoms with Crippen LogP contribution in [0.4, 0.5) is 5.69 Å². The summed E-state index contributed by atoms with van der Waals surface area (Å²) in [5, 5.41) is 12.9. The van der Waals surface area contributed by atoms with Crippen LogP contribution in [-0.4, -0.2) is 23.3 Å². The number of ether oxygens (including phenoxy) is 1. The Morgan fingerprint density at radius 3 is 2.48 bits per heavy atom. The number of amides is 2. The van der Waals surface area contributed by atoms with Crippen LogP contribution in [0, 0.1) is 10.1 Å². The van der Waals surface area contributed by atoms with Gasteiger partial charge in [-0.05, 0) is 43.0 Å². The lowest BCUT2D eigenvalue weighted by Gasteiger charge is -2.07. The minimum absolute atomic E-state index is 0.0260. The van der Waals surface area contributed by atoms with Gasteiger partial charge in [-0.15, -0.1) is 0 Å². The SMILES string of the molecule is O=C1NC(=O)c2c(CCCCOc3ccc([N+](=O)[O-])cc3)cccc21. The van der Waals surface area contributed by atoms with Gasteiger partial charge in [0.2, 0.25) is 0 Å². The number of hydrogen-bond acceptors (Lipinski definition) is 5. The number of carbonyl (C=O) groups is 2. The minimum atomic E-state index is -0.455. The first-order valence-electron chi connectivity index (χ1n) is 7.91. The van der Waals surface area contributed by atoms with E-state index in [2.05, 4.69) is 5.32 Å². The van der Waals surface area contributed by atoms with Crippen LogP contribution >= 0.6 is 0 Å². The van der Waals surface area contributed by atoms with E-state index in [1.807, 2.05) is 6.07 Å². The molecule has 0 saturated heterocycles. The van der Waals surface area contributed by atoms with Gasteiger partial charge in [0.25, 0.3) is 17.5 Å². The Labute approximate surface area is 143 Å². The first-order chi connectivity index (χ1) is 12.1. The highest BCUT2D eigenvalue weighted by atomic mass is 16.6. The third-order valence-electron chi connectivity index (χ3n) is 4.01. The van der Waals surface area contributed by atoms with Crippen LogP contribution in [-0.2, 0) is 6.42 Å². The Kier molecular flexibility index (Phi) is 4.74. The maximum atomic E-state index is 11.8. The first-order valence-corrected chi connectivity index (χ1v) is 7.91. The number of non-ortho nitro benzene ring substituents is 1. The molecule has 128 valence electrons. The number of unbranched alkanes of at least 4 members (excludes halogenated alkanes) is 1. The smallest absolute Gasteiger partial charge is 0.269 e. The molecular weight excluding hydrogens is 324 g/mol. The highest BCUT2D eigenvalue weighted by Crippen LogP contribution is 2.22. The van der Waals surface area contributed by atoms with Crippen molar-refractivity contribution < 1.29 is 19.2 Å². The molecule has 0 atom stereocenters. The normalized spacial score (nSPS) is 12.6. The number of hydrogen-bond donors (Lipinski definition) is 1. The Morgan fingerprint density at radius 1 is 1.00 bits per heavy atom. The van der Waals surface area contributed by atoms with Gasteiger partial charge in [0.15, 0.2) is 0 Å². The van der Waals surface area contributed by atoms with Gasteiger partial charge in [-0.2, -0.15) is 0 Å². The molecule has 0 bridgehead atoms. The van der Waals surface area contributed by atoms with Gasteiger partial charge in [0, 0.05) is 12.1 Å². The fraction of sp³-hybridized carbons (Fsp3) is 0.222. The monoisotopic (exact) mass is 340 g/mol. The Hall–Kier alpha value is -3.22. The van der Waals surface area contributed by atoms with E-state index in [0.717, 1.165) is 18.4 Å². The molecule has 1 aliphatic rings. The predicted molar refractivity (Wildman–Crippen MR) is 89.8 cm³/mol. The summed E-state index contributed by atoms with van der Waals surface area (Å²) in [7, 11) is 0. The summed E-state index contributed by atoms with van der Waals surface area (Å²) in [5.74, 6) is -0.0998.